The minimum Gasteiger partial charge on any atom is -0.462 e. The summed E-state index contributed by atoms with van der Waals surface area (Å²) in [5.41, 5.74) is 0.604. The second-order valence-electron chi connectivity index (χ2n) is 9.09. The molecular weight excluding hydrogens is 434 g/mol. The smallest absolute Gasteiger partial charge is 0.338 e. The first-order chi connectivity index (χ1) is 15.8. The van der Waals surface area contributed by atoms with Crippen molar-refractivity contribution in [1.82, 2.24) is 4.90 Å². The highest BCUT2D eigenvalue weighted by molar-refractivity contribution is 5.80. The zero-order chi connectivity index (χ0) is 23.7. The summed E-state index contributed by atoms with van der Waals surface area (Å²) in [5.74, 6) is -2.48. The molecule has 2 unspecified atom stereocenters. The van der Waals surface area contributed by atoms with Crippen LogP contribution in [0.5, 0.6) is 0 Å². The summed E-state index contributed by atoms with van der Waals surface area (Å²) in [5, 5.41) is 39.1. The second-order valence-corrected chi connectivity index (χ2v) is 9.09. The molecule has 2 bridgehead atoms. The van der Waals surface area contributed by atoms with Crippen molar-refractivity contribution < 1.29 is 44.2 Å². The predicted octanol–water partition coefficient (Wildman–Crippen LogP) is -0.718. The van der Waals surface area contributed by atoms with Gasteiger partial charge in [-0.15, -0.1) is 0 Å². The number of nitrogens with zero attached hydrogens (tertiary/aromatic N) is 1. The molecule has 182 valence electrons. The van der Waals surface area contributed by atoms with Crippen molar-refractivity contribution in [3.05, 3.63) is 35.9 Å². The third kappa shape index (κ3) is 5.06. The highest BCUT2D eigenvalue weighted by atomic mass is 16.7. The van der Waals surface area contributed by atoms with Crippen molar-refractivity contribution in [1.29, 1.82) is 0 Å². The number of aliphatic hydroxyl groups is 4. The first-order valence-electron chi connectivity index (χ1n) is 11.3. The monoisotopic (exact) mass is 465 g/mol. The van der Waals surface area contributed by atoms with E-state index in [2.05, 4.69) is 11.9 Å². The van der Waals surface area contributed by atoms with E-state index in [-0.39, 0.29) is 12.7 Å². The van der Waals surface area contributed by atoms with Crippen molar-refractivity contribution in [2.75, 3.05) is 13.7 Å². The summed E-state index contributed by atoms with van der Waals surface area (Å²) in [6, 6.07) is 9.57. The number of benzene rings is 1. The normalized spacial score (nSPS) is 37.4. The van der Waals surface area contributed by atoms with E-state index >= 15 is 0 Å². The fourth-order valence-corrected chi connectivity index (χ4v) is 4.99. The summed E-state index contributed by atoms with van der Waals surface area (Å²) >= 11 is 0. The van der Waals surface area contributed by atoms with Gasteiger partial charge in [0.2, 0.25) is 0 Å². The number of rotatable bonds is 6. The molecule has 3 saturated heterocycles. The number of carbonyl (C=O) groups is 2. The molecule has 0 spiro atoms. The molecule has 9 atom stereocenters. The Labute approximate surface area is 191 Å². The number of aliphatic hydroxyl groups excluding tert-OH is 4. The highest BCUT2D eigenvalue weighted by Crippen LogP contribution is 2.36. The minimum absolute atomic E-state index is 0.205. The molecular formula is C23H31NO9. The maximum absolute atomic E-state index is 13.1. The predicted molar refractivity (Wildman–Crippen MR) is 113 cm³/mol. The lowest BCUT2D eigenvalue weighted by Crippen LogP contribution is -2.60. The van der Waals surface area contributed by atoms with Crippen LogP contribution in [0, 0.1) is 0 Å². The van der Waals surface area contributed by atoms with Crippen LogP contribution < -0.4 is 0 Å². The molecule has 10 heteroatoms. The third-order valence-electron chi connectivity index (χ3n) is 7.04. The molecule has 4 N–H and O–H groups in total. The van der Waals surface area contributed by atoms with E-state index in [0.717, 1.165) is 25.7 Å². The van der Waals surface area contributed by atoms with Crippen molar-refractivity contribution in [2.45, 2.75) is 80.5 Å². The SMILES string of the molecule is CN1[C@@H]2CC[C@H]1CC(OC(=O)C(COC(=O)[C@H]1O[C@@H](O)[C@H](O)[C@@H](O)[C@@H]1O)c1ccccc1)C2. The number of fused-ring (bicyclic) bond motifs is 2. The van der Waals surface area contributed by atoms with Gasteiger partial charge in [0.25, 0.3) is 0 Å². The Morgan fingerprint density at radius 3 is 2.30 bits per heavy atom. The summed E-state index contributed by atoms with van der Waals surface area (Å²) in [6.07, 6.45) is -5.43. The molecule has 3 aliphatic rings. The van der Waals surface area contributed by atoms with Gasteiger partial charge in [-0.25, -0.2) is 4.79 Å². The van der Waals surface area contributed by atoms with E-state index < -0.39 is 48.6 Å². The molecule has 10 nitrogen and oxygen atoms in total. The number of esters is 2. The Hall–Kier alpha value is -2.08. The number of hydrogen-bond acceptors (Lipinski definition) is 10. The standard InChI is InChI=1S/C23H31NO9/c1-24-13-7-8-14(24)10-15(9-13)32-21(28)16(12-5-3-2-4-6-12)11-31-23(30)20-18(26)17(25)19(27)22(29)33-20/h2-6,13-20,22,25-27,29H,7-11H2,1H3/t13-,14+,15?,16?,17-,18-,19+,20-,22+/m0/s1. The molecule has 3 aliphatic heterocycles. The molecule has 3 fully saturated rings. The lowest BCUT2D eigenvalue weighted by Gasteiger charge is -2.37. The van der Waals surface area contributed by atoms with Gasteiger partial charge in [-0.1, -0.05) is 30.3 Å². The van der Waals surface area contributed by atoms with Gasteiger partial charge in [0, 0.05) is 12.1 Å². The number of hydrogen-bond donors (Lipinski definition) is 4. The minimum atomic E-state index is -1.87. The molecule has 1 aromatic carbocycles. The van der Waals surface area contributed by atoms with Gasteiger partial charge in [0.05, 0.1) is 0 Å². The fourth-order valence-electron chi connectivity index (χ4n) is 4.99. The summed E-state index contributed by atoms with van der Waals surface area (Å²) in [6.45, 7) is -0.373. The summed E-state index contributed by atoms with van der Waals surface area (Å²) in [7, 11) is 2.10. The summed E-state index contributed by atoms with van der Waals surface area (Å²) < 4.78 is 16.0. The van der Waals surface area contributed by atoms with Crippen molar-refractivity contribution in [2.24, 2.45) is 0 Å². The topological polar surface area (TPSA) is 146 Å². The van der Waals surface area contributed by atoms with E-state index in [0.29, 0.717) is 17.6 Å². The number of carbonyl (C=O) groups excluding carboxylic acids is 2. The molecule has 4 rings (SSSR count). The van der Waals surface area contributed by atoms with E-state index in [1.165, 1.54) is 0 Å². The molecule has 0 aliphatic carbocycles. The van der Waals surface area contributed by atoms with Crippen LogP contribution in [-0.2, 0) is 23.8 Å². The molecule has 3 heterocycles. The van der Waals surface area contributed by atoms with Crippen molar-refractivity contribution in [3.63, 3.8) is 0 Å². The van der Waals surface area contributed by atoms with Crippen LogP contribution in [0.4, 0.5) is 0 Å². The third-order valence-corrected chi connectivity index (χ3v) is 7.04. The number of ether oxygens (including phenoxy) is 3. The molecule has 0 aromatic heterocycles. The van der Waals surface area contributed by atoms with Crippen LogP contribution in [0.3, 0.4) is 0 Å². The molecule has 1 aromatic rings. The number of piperidine rings is 1. The zero-order valence-electron chi connectivity index (χ0n) is 18.4. The Balaban J connectivity index is 1.41. The van der Waals surface area contributed by atoms with Gasteiger partial charge in [-0.2, -0.15) is 0 Å². The van der Waals surface area contributed by atoms with E-state index in [1.54, 1.807) is 30.3 Å². The highest BCUT2D eigenvalue weighted by Gasteiger charge is 2.47. The summed E-state index contributed by atoms with van der Waals surface area (Å²) in [4.78, 5) is 28.0. The van der Waals surface area contributed by atoms with Gasteiger partial charge < -0.3 is 39.5 Å². The lowest BCUT2D eigenvalue weighted by atomic mass is 9.97. The van der Waals surface area contributed by atoms with E-state index in [4.69, 9.17) is 14.2 Å². The first-order valence-corrected chi connectivity index (χ1v) is 11.3. The van der Waals surface area contributed by atoms with Crippen molar-refractivity contribution in [3.8, 4) is 0 Å². The quantitative estimate of drug-likeness (QED) is 0.397. The first kappa shape index (κ1) is 24.1. The van der Waals surface area contributed by atoms with Crippen LogP contribution in [0.25, 0.3) is 0 Å². The Morgan fingerprint density at radius 2 is 1.67 bits per heavy atom. The molecule has 0 saturated carbocycles. The van der Waals surface area contributed by atoms with E-state index in [1.807, 2.05) is 0 Å². The van der Waals surface area contributed by atoms with Gasteiger partial charge >= 0.3 is 11.9 Å². The molecule has 0 radical (unpaired) electrons. The van der Waals surface area contributed by atoms with Crippen LogP contribution in [0.15, 0.2) is 30.3 Å². The maximum Gasteiger partial charge on any atom is 0.338 e. The molecule has 33 heavy (non-hydrogen) atoms. The van der Waals surface area contributed by atoms with Crippen LogP contribution in [0.1, 0.15) is 37.2 Å². The average molecular weight is 465 g/mol. The van der Waals surface area contributed by atoms with Gasteiger partial charge in [0.15, 0.2) is 12.4 Å². The molecule has 0 amide bonds. The second kappa shape index (κ2) is 10.0. The van der Waals surface area contributed by atoms with Gasteiger partial charge in [-0.05, 0) is 38.3 Å². The van der Waals surface area contributed by atoms with Crippen LogP contribution >= 0.6 is 0 Å². The maximum atomic E-state index is 13.1. The van der Waals surface area contributed by atoms with E-state index in [9.17, 15) is 30.0 Å². The van der Waals surface area contributed by atoms with Gasteiger partial charge in [0.1, 0.15) is 36.9 Å². The van der Waals surface area contributed by atoms with Gasteiger partial charge in [-0.3, -0.25) is 4.79 Å². The largest absolute Gasteiger partial charge is 0.462 e. The van der Waals surface area contributed by atoms with Crippen molar-refractivity contribution >= 4 is 11.9 Å². The average Bonchev–Trinajstić information content (AvgIpc) is 3.01. The lowest BCUT2D eigenvalue weighted by molar-refractivity contribution is -0.281. The Bertz CT molecular complexity index is 822. The fraction of sp³-hybridized carbons (Fsp3) is 0.652. The Morgan fingerprint density at radius 1 is 1.03 bits per heavy atom. The zero-order valence-corrected chi connectivity index (χ0v) is 18.4. The Kier molecular flexibility index (Phi) is 7.32. The van der Waals surface area contributed by atoms with Crippen LogP contribution in [-0.4, -0.2) is 99.8 Å². The van der Waals surface area contributed by atoms with Crippen LogP contribution in [0.2, 0.25) is 0 Å².